The van der Waals surface area contributed by atoms with E-state index in [9.17, 15) is 0 Å². The summed E-state index contributed by atoms with van der Waals surface area (Å²) in [4.78, 5) is 0. The lowest BCUT2D eigenvalue weighted by molar-refractivity contribution is 0.552. The van der Waals surface area contributed by atoms with E-state index in [1.807, 2.05) is 18.5 Å². The van der Waals surface area contributed by atoms with E-state index in [2.05, 4.69) is 58.4 Å². The average Bonchev–Trinajstić information content (AvgIpc) is 2.66. The van der Waals surface area contributed by atoms with Gasteiger partial charge in [0.05, 0.1) is 22.1 Å². The number of nitrogens with one attached hydrogen (secondary N) is 1. The zero-order valence-corrected chi connectivity index (χ0v) is 15.2. The molecule has 0 amide bonds. The van der Waals surface area contributed by atoms with Crippen LogP contribution in [-0.2, 0) is 6.54 Å². The van der Waals surface area contributed by atoms with Crippen molar-refractivity contribution in [2.24, 2.45) is 5.92 Å². The molecule has 2 rings (SSSR count). The summed E-state index contributed by atoms with van der Waals surface area (Å²) in [5.41, 5.74) is 4.07. The summed E-state index contributed by atoms with van der Waals surface area (Å²) in [6.07, 6.45) is 0. The third-order valence-corrected chi connectivity index (χ3v) is 4.51. The first-order valence-electron chi connectivity index (χ1n) is 7.11. The minimum absolute atomic E-state index is 0.657. The lowest BCUT2D eigenvalue weighted by atomic mass is 10.2. The molecule has 21 heavy (non-hydrogen) atoms. The molecule has 1 aromatic carbocycles. The first kappa shape index (κ1) is 16.5. The van der Waals surface area contributed by atoms with Gasteiger partial charge in [-0.3, -0.25) is 0 Å². The number of nitrogens with zero attached hydrogens (tertiary/aromatic N) is 2. The zero-order valence-electron chi connectivity index (χ0n) is 12.9. The van der Waals surface area contributed by atoms with E-state index < -0.39 is 0 Å². The van der Waals surface area contributed by atoms with Gasteiger partial charge >= 0.3 is 0 Å². The third kappa shape index (κ3) is 3.87. The molecule has 0 bridgehead atoms. The molecule has 0 saturated carbocycles. The van der Waals surface area contributed by atoms with Crippen molar-refractivity contribution in [3.8, 4) is 5.69 Å². The molecular formula is C16H21BrClN3. The zero-order chi connectivity index (χ0) is 15.6. The van der Waals surface area contributed by atoms with Crippen LogP contribution in [0.5, 0.6) is 0 Å². The smallest absolute Gasteiger partial charge is 0.0848 e. The van der Waals surface area contributed by atoms with Gasteiger partial charge < -0.3 is 5.32 Å². The molecule has 114 valence electrons. The normalized spacial score (nSPS) is 11.4. The molecule has 0 aliphatic rings. The van der Waals surface area contributed by atoms with Gasteiger partial charge in [-0.1, -0.05) is 31.5 Å². The molecule has 0 fully saturated rings. The molecular weight excluding hydrogens is 350 g/mol. The average molecular weight is 371 g/mol. The van der Waals surface area contributed by atoms with Crippen LogP contribution in [0.2, 0.25) is 5.02 Å². The molecule has 0 aliphatic carbocycles. The second kappa shape index (κ2) is 6.95. The van der Waals surface area contributed by atoms with Crippen LogP contribution in [-0.4, -0.2) is 16.3 Å². The lowest BCUT2D eigenvalue weighted by Gasteiger charge is -2.11. The van der Waals surface area contributed by atoms with E-state index in [1.165, 1.54) is 5.56 Å². The highest BCUT2D eigenvalue weighted by Gasteiger charge is 2.13. The number of hydrogen-bond donors (Lipinski definition) is 1. The Bertz CT molecular complexity index is 635. The quantitative estimate of drug-likeness (QED) is 0.830. The molecule has 0 atom stereocenters. The van der Waals surface area contributed by atoms with Crippen LogP contribution in [0.3, 0.4) is 0 Å². The summed E-state index contributed by atoms with van der Waals surface area (Å²) < 4.78 is 2.90. The van der Waals surface area contributed by atoms with E-state index in [0.29, 0.717) is 5.92 Å². The van der Waals surface area contributed by atoms with Crippen LogP contribution in [0.25, 0.3) is 5.69 Å². The standard InChI is InChI=1S/C16H21BrClN3/c1-10(2)8-19-9-13-5-6-15(14(17)7-13)21-12(4)16(18)11(3)20-21/h5-7,10,19H,8-9H2,1-4H3. The van der Waals surface area contributed by atoms with Gasteiger partial charge in [0.2, 0.25) is 0 Å². The molecule has 3 nitrogen and oxygen atoms in total. The molecule has 0 radical (unpaired) electrons. The fraction of sp³-hybridized carbons (Fsp3) is 0.438. The number of rotatable bonds is 5. The summed E-state index contributed by atoms with van der Waals surface area (Å²) in [6.45, 7) is 10.2. The van der Waals surface area contributed by atoms with Gasteiger partial charge in [-0.15, -0.1) is 0 Å². The minimum Gasteiger partial charge on any atom is -0.312 e. The Balaban J connectivity index is 2.21. The highest BCUT2D eigenvalue weighted by molar-refractivity contribution is 9.10. The monoisotopic (exact) mass is 369 g/mol. The molecule has 0 aliphatic heterocycles. The van der Waals surface area contributed by atoms with Crippen LogP contribution in [0.4, 0.5) is 0 Å². The lowest BCUT2D eigenvalue weighted by Crippen LogP contribution is -2.19. The van der Waals surface area contributed by atoms with Crippen molar-refractivity contribution in [2.45, 2.75) is 34.2 Å². The molecule has 0 spiro atoms. The summed E-state index contributed by atoms with van der Waals surface area (Å²) >= 11 is 9.86. The van der Waals surface area contributed by atoms with Crippen LogP contribution >= 0.6 is 27.5 Å². The number of hydrogen-bond acceptors (Lipinski definition) is 2. The van der Waals surface area contributed by atoms with Gasteiger partial charge in [0.1, 0.15) is 0 Å². The second-order valence-corrected chi connectivity index (χ2v) is 6.94. The Labute approximate surface area is 139 Å². The molecule has 0 saturated heterocycles. The van der Waals surface area contributed by atoms with Crippen molar-refractivity contribution in [1.29, 1.82) is 0 Å². The summed E-state index contributed by atoms with van der Waals surface area (Å²) in [6, 6.07) is 6.33. The SMILES string of the molecule is Cc1nn(-c2ccc(CNCC(C)C)cc2Br)c(C)c1Cl. The fourth-order valence-corrected chi connectivity index (χ4v) is 2.91. The van der Waals surface area contributed by atoms with Crippen LogP contribution in [0.1, 0.15) is 30.8 Å². The summed E-state index contributed by atoms with van der Waals surface area (Å²) in [5.74, 6) is 0.657. The number of aromatic nitrogens is 2. The van der Waals surface area contributed by atoms with Gasteiger partial charge in [-0.05, 0) is 59.9 Å². The number of aryl methyl sites for hydroxylation is 1. The van der Waals surface area contributed by atoms with E-state index in [4.69, 9.17) is 11.6 Å². The number of benzene rings is 1. The van der Waals surface area contributed by atoms with Crippen molar-refractivity contribution in [3.63, 3.8) is 0 Å². The minimum atomic E-state index is 0.657. The Hall–Kier alpha value is -0.840. The fourth-order valence-electron chi connectivity index (χ4n) is 2.20. The van der Waals surface area contributed by atoms with Crippen molar-refractivity contribution < 1.29 is 0 Å². The van der Waals surface area contributed by atoms with Crippen molar-refractivity contribution >= 4 is 27.5 Å². The topological polar surface area (TPSA) is 29.9 Å². The largest absolute Gasteiger partial charge is 0.312 e. The summed E-state index contributed by atoms with van der Waals surface area (Å²) in [7, 11) is 0. The van der Waals surface area contributed by atoms with Crippen molar-refractivity contribution in [1.82, 2.24) is 15.1 Å². The maximum absolute atomic E-state index is 6.22. The third-order valence-electron chi connectivity index (χ3n) is 3.32. The van der Waals surface area contributed by atoms with Gasteiger partial charge in [0.25, 0.3) is 0 Å². The molecule has 1 N–H and O–H groups in total. The van der Waals surface area contributed by atoms with Gasteiger partial charge in [0, 0.05) is 11.0 Å². The Kier molecular flexibility index (Phi) is 5.47. The molecule has 2 aromatic rings. The molecule has 0 unspecified atom stereocenters. The van der Waals surface area contributed by atoms with Crippen molar-refractivity contribution in [3.05, 3.63) is 44.6 Å². The highest BCUT2D eigenvalue weighted by atomic mass is 79.9. The maximum Gasteiger partial charge on any atom is 0.0848 e. The predicted molar refractivity (Wildman–Crippen MR) is 92.3 cm³/mol. The number of halogens is 2. The van der Waals surface area contributed by atoms with Gasteiger partial charge in [-0.25, -0.2) is 4.68 Å². The first-order valence-corrected chi connectivity index (χ1v) is 8.28. The maximum atomic E-state index is 6.22. The molecule has 1 heterocycles. The second-order valence-electron chi connectivity index (χ2n) is 5.71. The highest BCUT2D eigenvalue weighted by Crippen LogP contribution is 2.27. The van der Waals surface area contributed by atoms with Crippen LogP contribution < -0.4 is 5.32 Å². The van der Waals surface area contributed by atoms with Crippen LogP contribution in [0.15, 0.2) is 22.7 Å². The predicted octanol–water partition coefficient (Wildman–Crippen LogP) is 4.65. The summed E-state index contributed by atoms with van der Waals surface area (Å²) in [5, 5.41) is 8.67. The first-order chi connectivity index (χ1) is 9.90. The van der Waals surface area contributed by atoms with Gasteiger partial charge in [-0.2, -0.15) is 5.10 Å². The van der Waals surface area contributed by atoms with E-state index >= 15 is 0 Å². The molecule has 1 aromatic heterocycles. The van der Waals surface area contributed by atoms with Gasteiger partial charge in [0.15, 0.2) is 0 Å². The Morgan fingerprint density at radius 3 is 2.57 bits per heavy atom. The Morgan fingerprint density at radius 2 is 2.05 bits per heavy atom. The molecule has 5 heteroatoms. The van der Waals surface area contributed by atoms with E-state index in [1.54, 1.807) is 0 Å². The van der Waals surface area contributed by atoms with Crippen molar-refractivity contribution in [2.75, 3.05) is 6.54 Å². The van der Waals surface area contributed by atoms with E-state index in [0.717, 1.165) is 39.7 Å². The van der Waals surface area contributed by atoms with E-state index in [-0.39, 0.29) is 0 Å². The van der Waals surface area contributed by atoms with Crippen LogP contribution in [0, 0.1) is 19.8 Å². The Morgan fingerprint density at radius 1 is 1.33 bits per heavy atom.